The Hall–Kier alpha value is -1.45. The van der Waals surface area contributed by atoms with Crippen molar-refractivity contribution in [2.75, 3.05) is 12.8 Å². The Labute approximate surface area is 130 Å². The lowest BCUT2D eigenvalue weighted by atomic mass is 10.3. The number of sulfonamides is 1. The molecule has 2 N–H and O–H groups in total. The summed E-state index contributed by atoms with van der Waals surface area (Å²) in [7, 11) is -0.890. The Bertz CT molecular complexity index is 776. The summed E-state index contributed by atoms with van der Waals surface area (Å²) < 4.78 is 41.6. The Balaban J connectivity index is 2.37. The highest BCUT2D eigenvalue weighted by Gasteiger charge is 2.26. The maximum Gasteiger partial charge on any atom is 0.246 e. The van der Waals surface area contributed by atoms with Crippen LogP contribution in [0.3, 0.4) is 0 Å². The number of halogens is 2. The van der Waals surface area contributed by atoms with Gasteiger partial charge in [-0.1, -0.05) is 0 Å². The summed E-state index contributed by atoms with van der Waals surface area (Å²) in [5.41, 5.74) is 6.45. The number of hydrogen-bond donors (Lipinski definition) is 1. The lowest BCUT2D eigenvalue weighted by Gasteiger charge is -2.17. The molecule has 0 unspecified atom stereocenters. The first-order valence-corrected chi connectivity index (χ1v) is 8.13. The summed E-state index contributed by atoms with van der Waals surface area (Å²) >= 11 is 2.96. The second kappa shape index (κ2) is 5.74. The van der Waals surface area contributed by atoms with Crippen molar-refractivity contribution in [3.8, 4) is 0 Å². The average molecular weight is 377 g/mol. The van der Waals surface area contributed by atoms with Gasteiger partial charge in [0.15, 0.2) is 5.82 Å². The summed E-state index contributed by atoms with van der Waals surface area (Å²) in [5, 5.41) is 3.96. The van der Waals surface area contributed by atoms with Gasteiger partial charge >= 0.3 is 0 Å². The van der Waals surface area contributed by atoms with Gasteiger partial charge in [-0.05, 0) is 28.1 Å². The molecule has 1 aromatic heterocycles. The van der Waals surface area contributed by atoms with Gasteiger partial charge in [0.25, 0.3) is 0 Å². The van der Waals surface area contributed by atoms with Gasteiger partial charge in [-0.15, -0.1) is 0 Å². The fourth-order valence-electron chi connectivity index (χ4n) is 1.83. The number of nitrogen functional groups attached to an aromatic ring is 1. The van der Waals surface area contributed by atoms with Crippen molar-refractivity contribution >= 4 is 31.6 Å². The Morgan fingerprint density at radius 1 is 1.48 bits per heavy atom. The number of nitrogens with zero attached hydrogens (tertiary/aromatic N) is 3. The molecule has 0 radical (unpaired) electrons. The third-order valence-electron chi connectivity index (χ3n) is 2.87. The largest absolute Gasteiger partial charge is 0.399 e. The molecule has 6 nitrogen and oxygen atoms in total. The van der Waals surface area contributed by atoms with Crippen LogP contribution >= 0.6 is 15.9 Å². The smallest absolute Gasteiger partial charge is 0.246 e. The number of aromatic nitrogens is 2. The summed E-state index contributed by atoms with van der Waals surface area (Å²) in [6, 6.07) is 2.42. The van der Waals surface area contributed by atoms with Crippen LogP contribution in [-0.4, -0.2) is 29.6 Å². The van der Waals surface area contributed by atoms with E-state index < -0.39 is 20.7 Å². The normalized spacial score (nSPS) is 12.0. The number of hydrogen-bond acceptors (Lipinski definition) is 4. The minimum Gasteiger partial charge on any atom is -0.399 e. The van der Waals surface area contributed by atoms with Gasteiger partial charge in [-0.25, -0.2) is 12.8 Å². The van der Waals surface area contributed by atoms with Crippen molar-refractivity contribution in [3.05, 3.63) is 40.4 Å². The fraction of sp³-hybridized carbons (Fsp3) is 0.250. The molecule has 0 saturated heterocycles. The van der Waals surface area contributed by atoms with E-state index in [-0.39, 0.29) is 16.7 Å². The van der Waals surface area contributed by atoms with Crippen LogP contribution in [0.1, 0.15) is 5.56 Å². The molecule has 1 heterocycles. The molecule has 9 heteroatoms. The SMILES string of the molecule is CN(Cc1cnn(C)c1)S(=O)(=O)c1cc(N)cc(Br)c1F. The van der Waals surface area contributed by atoms with Gasteiger partial charge in [-0.3, -0.25) is 4.68 Å². The molecular formula is C12H14BrFN4O2S. The third-order valence-corrected chi connectivity index (χ3v) is 5.25. The number of nitrogens with two attached hydrogens (primary N) is 1. The molecule has 2 rings (SSSR count). The maximum atomic E-state index is 14.1. The predicted molar refractivity (Wildman–Crippen MR) is 80.4 cm³/mol. The van der Waals surface area contributed by atoms with Crippen molar-refractivity contribution in [2.45, 2.75) is 11.4 Å². The summed E-state index contributed by atoms with van der Waals surface area (Å²) in [6.45, 7) is 0.0853. The van der Waals surface area contributed by atoms with Crippen LogP contribution in [0.5, 0.6) is 0 Å². The van der Waals surface area contributed by atoms with E-state index in [4.69, 9.17) is 5.73 Å². The van der Waals surface area contributed by atoms with Crippen molar-refractivity contribution in [2.24, 2.45) is 7.05 Å². The monoisotopic (exact) mass is 376 g/mol. The zero-order valence-corrected chi connectivity index (χ0v) is 13.8. The van der Waals surface area contributed by atoms with E-state index in [0.717, 1.165) is 10.4 Å². The molecule has 0 bridgehead atoms. The van der Waals surface area contributed by atoms with E-state index in [1.807, 2.05) is 0 Å². The lowest BCUT2D eigenvalue weighted by Crippen LogP contribution is -2.27. The second-order valence-corrected chi connectivity index (χ2v) is 7.47. The fourth-order valence-corrected chi connectivity index (χ4v) is 3.72. The summed E-state index contributed by atoms with van der Waals surface area (Å²) in [6.07, 6.45) is 3.25. The number of anilines is 1. The van der Waals surface area contributed by atoms with Gasteiger partial charge in [0.2, 0.25) is 10.0 Å². The molecule has 0 amide bonds. The summed E-state index contributed by atoms with van der Waals surface area (Å²) in [4.78, 5) is -0.458. The standard InChI is InChI=1S/C12H14BrFN4O2S/c1-17-6-8(5-16-17)7-18(2)21(19,20)11-4-9(15)3-10(13)12(11)14/h3-6H,7,15H2,1-2H3. The number of aryl methyl sites for hydroxylation is 1. The van der Waals surface area contributed by atoms with Crippen molar-refractivity contribution in [1.82, 2.24) is 14.1 Å². The molecule has 0 aliphatic heterocycles. The molecule has 0 fully saturated rings. The first-order chi connectivity index (χ1) is 9.71. The van der Waals surface area contributed by atoms with Crippen LogP contribution in [0.4, 0.5) is 10.1 Å². The van der Waals surface area contributed by atoms with Crippen LogP contribution in [0.2, 0.25) is 0 Å². The quantitative estimate of drug-likeness (QED) is 0.823. The molecule has 1 aromatic carbocycles. The van der Waals surface area contributed by atoms with E-state index in [0.29, 0.717) is 5.56 Å². The van der Waals surface area contributed by atoms with Gasteiger partial charge in [0.1, 0.15) is 4.90 Å². The molecule has 21 heavy (non-hydrogen) atoms. The van der Waals surface area contributed by atoms with E-state index in [2.05, 4.69) is 21.0 Å². The minimum absolute atomic E-state index is 0.0100. The molecule has 0 aliphatic rings. The molecule has 0 saturated carbocycles. The van der Waals surface area contributed by atoms with Crippen LogP contribution in [0, 0.1) is 5.82 Å². The number of benzene rings is 1. The maximum absolute atomic E-state index is 14.1. The van der Waals surface area contributed by atoms with E-state index in [1.165, 1.54) is 13.1 Å². The first kappa shape index (κ1) is 15.9. The van der Waals surface area contributed by atoms with Gasteiger partial charge in [0.05, 0.1) is 10.7 Å². The van der Waals surface area contributed by atoms with E-state index >= 15 is 0 Å². The van der Waals surface area contributed by atoms with Gasteiger partial charge in [0, 0.05) is 38.1 Å². The van der Waals surface area contributed by atoms with Crippen molar-refractivity contribution in [3.63, 3.8) is 0 Å². The molecule has 0 atom stereocenters. The van der Waals surface area contributed by atoms with E-state index in [9.17, 15) is 12.8 Å². The molecule has 0 aliphatic carbocycles. The molecule has 114 valence electrons. The molecule has 0 spiro atoms. The van der Waals surface area contributed by atoms with Crippen LogP contribution in [-0.2, 0) is 23.6 Å². The Kier molecular flexibility index (Phi) is 4.35. The van der Waals surface area contributed by atoms with Crippen molar-refractivity contribution < 1.29 is 12.8 Å². The predicted octanol–water partition coefficient (Wildman–Crippen LogP) is 1.72. The highest BCUT2D eigenvalue weighted by Crippen LogP contribution is 2.28. The number of rotatable bonds is 4. The van der Waals surface area contributed by atoms with Gasteiger partial charge < -0.3 is 5.73 Å². The minimum atomic E-state index is -3.99. The lowest BCUT2D eigenvalue weighted by molar-refractivity contribution is 0.459. The highest BCUT2D eigenvalue weighted by atomic mass is 79.9. The van der Waals surface area contributed by atoms with Gasteiger partial charge in [-0.2, -0.15) is 9.40 Å². The first-order valence-electron chi connectivity index (χ1n) is 5.90. The van der Waals surface area contributed by atoms with Crippen molar-refractivity contribution in [1.29, 1.82) is 0 Å². The summed E-state index contributed by atoms with van der Waals surface area (Å²) in [5.74, 6) is -0.859. The third kappa shape index (κ3) is 3.25. The Morgan fingerprint density at radius 2 is 2.14 bits per heavy atom. The zero-order chi connectivity index (χ0) is 15.8. The molecular weight excluding hydrogens is 363 g/mol. The highest BCUT2D eigenvalue weighted by molar-refractivity contribution is 9.10. The Morgan fingerprint density at radius 3 is 2.71 bits per heavy atom. The van der Waals surface area contributed by atoms with E-state index in [1.54, 1.807) is 24.1 Å². The average Bonchev–Trinajstić information content (AvgIpc) is 2.79. The van der Waals surface area contributed by atoms with Crippen LogP contribution < -0.4 is 5.73 Å². The molecule has 2 aromatic rings. The topological polar surface area (TPSA) is 81.2 Å². The second-order valence-electron chi connectivity index (χ2n) is 4.60. The van der Waals surface area contributed by atoms with Crippen LogP contribution in [0.15, 0.2) is 33.9 Å². The zero-order valence-electron chi connectivity index (χ0n) is 11.4. The van der Waals surface area contributed by atoms with Crippen LogP contribution in [0.25, 0.3) is 0 Å².